The van der Waals surface area contributed by atoms with E-state index in [-0.39, 0.29) is 18.1 Å². The molecule has 0 radical (unpaired) electrons. The highest BCUT2D eigenvalue weighted by Crippen LogP contribution is 2.39. The second kappa shape index (κ2) is 8.34. The summed E-state index contributed by atoms with van der Waals surface area (Å²) in [5, 5.41) is 2.95. The van der Waals surface area contributed by atoms with E-state index >= 15 is 0 Å². The number of hydrogen-bond donors (Lipinski definition) is 1. The number of rotatable bonds is 6. The van der Waals surface area contributed by atoms with E-state index in [9.17, 15) is 4.79 Å². The van der Waals surface area contributed by atoms with Gasteiger partial charge in [0.2, 0.25) is 0 Å². The third-order valence-corrected chi connectivity index (χ3v) is 6.41. The minimum Gasteiger partial charge on any atom is -0.371 e. The molecule has 1 aromatic carbocycles. The molecular formula is C24H30N4O2. The van der Waals surface area contributed by atoms with Crippen molar-refractivity contribution in [2.45, 2.75) is 57.7 Å². The molecule has 1 saturated carbocycles. The molecule has 6 nitrogen and oxygen atoms in total. The number of hydrogen-bond acceptors (Lipinski definition) is 5. The first kappa shape index (κ1) is 19.5. The molecule has 1 aromatic heterocycles. The van der Waals surface area contributed by atoms with Crippen molar-refractivity contribution in [3.63, 3.8) is 0 Å². The van der Waals surface area contributed by atoms with E-state index in [1.807, 2.05) is 30.3 Å². The van der Waals surface area contributed by atoms with E-state index < -0.39 is 0 Å². The molecule has 2 aliphatic heterocycles. The highest BCUT2D eigenvalue weighted by atomic mass is 16.5. The van der Waals surface area contributed by atoms with Crippen LogP contribution in [-0.2, 0) is 11.2 Å². The molecule has 30 heavy (non-hydrogen) atoms. The summed E-state index contributed by atoms with van der Waals surface area (Å²) < 4.78 is 6.48. The molecule has 0 bridgehead atoms. The van der Waals surface area contributed by atoms with E-state index in [0.29, 0.717) is 24.0 Å². The first-order valence-corrected chi connectivity index (χ1v) is 11.4. The summed E-state index contributed by atoms with van der Waals surface area (Å²) in [6.07, 6.45) is 7.23. The minimum absolute atomic E-state index is 0.0911. The SMILES string of the molecule is CCCC[C@@H]1CN(c2nc(-c3ccccc3)nc3c2CCNC3=O)C[C@H](C2CC2)O1. The maximum atomic E-state index is 12.6. The van der Waals surface area contributed by atoms with Crippen molar-refractivity contribution in [2.24, 2.45) is 5.92 Å². The Morgan fingerprint density at radius 1 is 1.17 bits per heavy atom. The summed E-state index contributed by atoms with van der Waals surface area (Å²) in [7, 11) is 0. The summed E-state index contributed by atoms with van der Waals surface area (Å²) in [6.45, 7) is 4.56. The van der Waals surface area contributed by atoms with Crippen LogP contribution in [0.25, 0.3) is 11.4 Å². The van der Waals surface area contributed by atoms with E-state index in [1.54, 1.807) is 0 Å². The molecule has 1 amide bonds. The third-order valence-electron chi connectivity index (χ3n) is 6.41. The molecular weight excluding hydrogens is 376 g/mol. The average Bonchev–Trinajstić information content (AvgIpc) is 3.63. The Kier molecular flexibility index (Phi) is 5.42. The number of morpholine rings is 1. The number of fused-ring (bicyclic) bond motifs is 1. The predicted molar refractivity (Wildman–Crippen MR) is 117 cm³/mol. The van der Waals surface area contributed by atoms with Crippen molar-refractivity contribution in [3.8, 4) is 11.4 Å². The maximum absolute atomic E-state index is 12.6. The molecule has 1 aliphatic carbocycles. The molecule has 1 saturated heterocycles. The monoisotopic (exact) mass is 406 g/mol. The molecule has 0 spiro atoms. The smallest absolute Gasteiger partial charge is 0.270 e. The molecule has 3 heterocycles. The Morgan fingerprint density at radius 2 is 2.00 bits per heavy atom. The van der Waals surface area contributed by atoms with Crippen LogP contribution in [0.5, 0.6) is 0 Å². The molecule has 6 heteroatoms. The van der Waals surface area contributed by atoms with Gasteiger partial charge < -0.3 is 15.0 Å². The van der Waals surface area contributed by atoms with Gasteiger partial charge in [-0.2, -0.15) is 0 Å². The van der Waals surface area contributed by atoms with Crippen molar-refractivity contribution in [1.29, 1.82) is 0 Å². The number of nitrogens with zero attached hydrogens (tertiary/aromatic N) is 3. The lowest BCUT2D eigenvalue weighted by Crippen LogP contribution is -2.49. The summed E-state index contributed by atoms with van der Waals surface area (Å²) in [6, 6.07) is 9.95. The lowest BCUT2D eigenvalue weighted by Gasteiger charge is -2.40. The number of aromatic nitrogens is 2. The largest absolute Gasteiger partial charge is 0.371 e. The Balaban J connectivity index is 1.54. The normalized spacial score (nSPS) is 23.8. The van der Waals surface area contributed by atoms with Gasteiger partial charge in [0.05, 0.1) is 12.2 Å². The van der Waals surface area contributed by atoms with E-state index in [0.717, 1.165) is 42.9 Å². The molecule has 2 fully saturated rings. The summed E-state index contributed by atoms with van der Waals surface area (Å²) in [5.74, 6) is 2.14. The van der Waals surface area contributed by atoms with Crippen LogP contribution in [0.1, 0.15) is 55.1 Å². The molecule has 1 N–H and O–H groups in total. The number of nitrogens with one attached hydrogen (secondary N) is 1. The summed E-state index contributed by atoms with van der Waals surface area (Å²) >= 11 is 0. The van der Waals surface area contributed by atoms with E-state index in [2.05, 4.69) is 22.1 Å². The van der Waals surface area contributed by atoms with Gasteiger partial charge in [-0.3, -0.25) is 4.79 Å². The van der Waals surface area contributed by atoms with Crippen LogP contribution in [0.15, 0.2) is 30.3 Å². The van der Waals surface area contributed by atoms with Gasteiger partial charge in [-0.05, 0) is 31.6 Å². The third kappa shape index (κ3) is 3.93. The first-order valence-electron chi connectivity index (χ1n) is 11.4. The van der Waals surface area contributed by atoms with Crippen LogP contribution in [0.3, 0.4) is 0 Å². The van der Waals surface area contributed by atoms with Gasteiger partial charge in [0.25, 0.3) is 5.91 Å². The van der Waals surface area contributed by atoms with Crippen molar-refractivity contribution in [2.75, 3.05) is 24.5 Å². The van der Waals surface area contributed by atoms with Gasteiger partial charge in [0, 0.05) is 30.8 Å². The topological polar surface area (TPSA) is 67.4 Å². The zero-order valence-corrected chi connectivity index (χ0v) is 17.6. The first-order chi connectivity index (χ1) is 14.7. The highest BCUT2D eigenvalue weighted by Gasteiger charge is 2.39. The summed E-state index contributed by atoms with van der Waals surface area (Å²) in [4.78, 5) is 24.7. The van der Waals surface area contributed by atoms with Crippen LogP contribution in [0, 0.1) is 5.92 Å². The lowest BCUT2D eigenvalue weighted by atomic mass is 10.0. The molecule has 3 aliphatic rings. The van der Waals surface area contributed by atoms with Crippen molar-refractivity contribution < 1.29 is 9.53 Å². The second-order valence-corrected chi connectivity index (χ2v) is 8.75. The van der Waals surface area contributed by atoms with Crippen LogP contribution < -0.4 is 10.2 Å². The fourth-order valence-electron chi connectivity index (χ4n) is 4.62. The minimum atomic E-state index is -0.0911. The van der Waals surface area contributed by atoms with Gasteiger partial charge >= 0.3 is 0 Å². The van der Waals surface area contributed by atoms with Gasteiger partial charge in [-0.1, -0.05) is 50.1 Å². The van der Waals surface area contributed by atoms with Gasteiger partial charge in [0.1, 0.15) is 11.5 Å². The van der Waals surface area contributed by atoms with Crippen LogP contribution in [-0.4, -0.2) is 47.7 Å². The fraction of sp³-hybridized carbons (Fsp3) is 0.542. The quantitative estimate of drug-likeness (QED) is 0.794. The number of amides is 1. The Labute approximate surface area is 178 Å². The van der Waals surface area contributed by atoms with Gasteiger partial charge in [-0.15, -0.1) is 0 Å². The Bertz CT molecular complexity index is 913. The number of carbonyl (C=O) groups is 1. The van der Waals surface area contributed by atoms with Crippen LogP contribution in [0.2, 0.25) is 0 Å². The summed E-state index contributed by atoms with van der Waals surface area (Å²) in [5.41, 5.74) is 2.46. The van der Waals surface area contributed by atoms with E-state index in [1.165, 1.54) is 25.7 Å². The van der Waals surface area contributed by atoms with Crippen LogP contribution >= 0.6 is 0 Å². The number of carbonyl (C=O) groups excluding carboxylic acids is 1. The molecule has 2 aromatic rings. The number of anilines is 1. The molecule has 158 valence electrons. The van der Waals surface area contributed by atoms with Crippen LogP contribution in [0.4, 0.5) is 5.82 Å². The Hall–Kier alpha value is -2.47. The molecule has 0 unspecified atom stereocenters. The van der Waals surface area contributed by atoms with Crippen molar-refractivity contribution in [3.05, 3.63) is 41.6 Å². The van der Waals surface area contributed by atoms with Gasteiger partial charge in [-0.25, -0.2) is 9.97 Å². The number of unbranched alkanes of at least 4 members (excludes halogenated alkanes) is 1. The average molecular weight is 407 g/mol. The molecule has 2 atom stereocenters. The van der Waals surface area contributed by atoms with Crippen molar-refractivity contribution in [1.82, 2.24) is 15.3 Å². The zero-order valence-electron chi connectivity index (χ0n) is 17.6. The highest BCUT2D eigenvalue weighted by molar-refractivity contribution is 5.96. The molecule has 5 rings (SSSR count). The van der Waals surface area contributed by atoms with Crippen molar-refractivity contribution >= 4 is 11.7 Å². The fourth-order valence-corrected chi connectivity index (χ4v) is 4.62. The number of ether oxygens (including phenoxy) is 1. The zero-order chi connectivity index (χ0) is 20.5. The Morgan fingerprint density at radius 3 is 2.77 bits per heavy atom. The predicted octanol–water partition coefficient (Wildman–Crippen LogP) is 3.60. The second-order valence-electron chi connectivity index (χ2n) is 8.75. The maximum Gasteiger partial charge on any atom is 0.270 e. The van der Waals surface area contributed by atoms with Gasteiger partial charge in [0.15, 0.2) is 5.82 Å². The van der Waals surface area contributed by atoms with E-state index in [4.69, 9.17) is 9.72 Å². The standard InChI is InChI=1S/C24H30N4O2/c1-2-3-9-18-14-28(15-20(30-18)16-10-11-16)23-19-12-13-25-24(29)21(19)26-22(27-23)17-7-5-4-6-8-17/h4-8,16,18,20H,2-3,9-15H2,1H3,(H,25,29)/t18-,20-/m1/s1. The number of benzene rings is 1. The lowest BCUT2D eigenvalue weighted by molar-refractivity contribution is -0.0412.